The van der Waals surface area contributed by atoms with Crippen LogP contribution in [0.3, 0.4) is 0 Å². The molecule has 2 fully saturated rings. The summed E-state index contributed by atoms with van der Waals surface area (Å²) in [4.78, 5) is 5.68. The molecular weight excluding hydrogens is 483 g/mol. The lowest BCUT2D eigenvalue weighted by Gasteiger charge is -2.36. The van der Waals surface area contributed by atoms with Crippen LogP contribution in [0.1, 0.15) is 42.7 Å². The molecule has 2 aliphatic rings. The van der Waals surface area contributed by atoms with Gasteiger partial charge >= 0.3 is 6.36 Å². The van der Waals surface area contributed by atoms with E-state index in [-0.39, 0.29) is 11.8 Å². The molecule has 2 N–H and O–H groups in total. The minimum Gasteiger partial charge on any atom is -0.493 e. The van der Waals surface area contributed by atoms with Gasteiger partial charge in [0.05, 0.1) is 14.2 Å². The molecule has 5 rings (SSSR count). The van der Waals surface area contributed by atoms with Gasteiger partial charge in [-0.2, -0.15) is 0 Å². The van der Waals surface area contributed by atoms with E-state index >= 15 is 0 Å². The molecule has 0 amide bonds. The number of alkyl halides is 3. The Morgan fingerprint density at radius 2 is 1.68 bits per heavy atom. The maximum absolute atomic E-state index is 12.6. The maximum atomic E-state index is 12.6. The molecule has 1 saturated heterocycles. The molecule has 2 aromatic carbocycles. The van der Waals surface area contributed by atoms with Crippen molar-refractivity contribution in [3.05, 3.63) is 59.8 Å². The number of nitrogens with zero attached hydrogens (tertiary/aromatic N) is 1. The first-order chi connectivity index (χ1) is 17.8. The molecule has 1 aromatic heterocycles. The Morgan fingerprint density at radius 1 is 0.946 bits per heavy atom. The van der Waals surface area contributed by atoms with E-state index in [9.17, 15) is 13.2 Å². The molecule has 0 unspecified atom stereocenters. The lowest BCUT2D eigenvalue weighted by atomic mass is 10.0. The summed E-state index contributed by atoms with van der Waals surface area (Å²) >= 11 is 0. The van der Waals surface area contributed by atoms with Crippen molar-refractivity contribution in [3.8, 4) is 28.5 Å². The Morgan fingerprint density at radius 3 is 2.30 bits per heavy atom. The first-order valence-electron chi connectivity index (χ1n) is 12.6. The lowest BCUT2D eigenvalue weighted by Crippen LogP contribution is -2.42. The van der Waals surface area contributed by atoms with Crippen LogP contribution in [-0.4, -0.2) is 44.7 Å². The van der Waals surface area contributed by atoms with Gasteiger partial charge in [0, 0.05) is 41.3 Å². The van der Waals surface area contributed by atoms with Crippen molar-refractivity contribution in [3.63, 3.8) is 0 Å². The number of hydrogen-bond acceptors (Lipinski definition) is 5. The van der Waals surface area contributed by atoms with Gasteiger partial charge in [0.15, 0.2) is 11.5 Å². The number of rotatable bonds is 9. The van der Waals surface area contributed by atoms with E-state index in [0.717, 1.165) is 72.8 Å². The van der Waals surface area contributed by atoms with E-state index in [1.54, 1.807) is 26.4 Å². The fourth-order valence-corrected chi connectivity index (χ4v) is 5.13. The number of aromatic nitrogens is 1. The number of halogens is 3. The number of ether oxygens (including phenoxy) is 3. The largest absolute Gasteiger partial charge is 0.573 e. The molecule has 2 heterocycles. The van der Waals surface area contributed by atoms with E-state index < -0.39 is 6.36 Å². The zero-order valence-electron chi connectivity index (χ0n) is 21.0. The van der Waals surface area contributed by atoms with E-state index in [1.807, 2.05) is 12.3 Å². The van der Waals surface area contributed by atoms with E-state index in [2.05, 4.69) is 32.1 Å². The number of H-pyrrole nitrogens is 1. The van der Waals surface area contributed by atoms with Gasteiger partial charge in [0.2, 0.25) is 0 Å². The first kappa shape index (κ1) is 25.3. The third kappa shape index (κ3) is 5.98. The average Bonchev–Trinajstić information content (AvgIpc) is 3.64. The van der Waals surface area contributed by atoms with Crippen LogP contribution in [0.15, 0.2) is 48.7 Å². The molecule has 1 aliphatic heterocycles. The second-order valence-electron chi connectivity index (χ2n) is 9.65. The van der Waals surface area contributed by atoms with Crippen molar-refractivity contribution in [2.75, 3.05) is 32.2 Å². The molecule has 37 heavy (non-hydrogen) atoms. The zero-order valence-corrected chi connectivity index (χ0v) is 21.0. The van der Waals surface area contributed by atoms with Crippen LogP contribution >= 0.6 is 0 Å². The lowest BCUT2D eigenvalue weighted by molar-refractivity contribution is -0.274. The summed E-state index contributed by atoms with van der Waals surface area (Å²) < 4.78 is 53.2. The fraction of sp³-hybridized carbons (Fsp3) is 0.429. The van der Waals surface area contributed by atoms with E-state index in [1.165, 1.54) is 17.7 Å². The molecule has 0 bridgehead atoms. The molecule has 1 saturated carbocycles. The van der Waals surface area contributed by atoms with Crippen LogP contribution < -0.4 is 24.4 Å². The van der Waals surface area contributed by atoms with Crippen molar-refractivity contribution in [1.29, 1.82) is 0 Å². The Labute approximate surface area is 214 Å². The Hall–Kier alpha value is -3.33. The summed E-state index contributed by atoms with van der Waals surface area (Å²) in [5.74, 6) is 1.80. The minimum atomic E-state index is -4.71. The summed E-state index contributed by atoms with van der Waals surface area (Å²) in [6, 6.07) is 12.7. The Balaban J connectivity index is 1.40. The monoisotopic (exact) mass is 515 g/mol. The number of nitrogens with one attached hydrogen (secondary N) is 2. The average molecular weight is 516 g/mol. The highest BCUT2D eigenvalue weighted by molar-refractivity contribution is 5.68. The van der Waals surface area contributed by atoms with Gasteiger partial charge in [0.1, 0.15) is 5.75 Å². The van der Waals surface area contributed by atoms with Gasteiger partial charge in [0.25, 0.3) is 0 Å². The molecular formula is C28H32F3N3O3. The smallest absolute Gasteiger partial charge is 0.493 e. The molecule has 3 aromatic rings. The SMILES string of the molecule is COc1cc(-c2cc(CN(c3ccc(OC(F)(F)F)cc3)C3CCNCC3)c[nH]2)cc(C2CC2)c1OC. The molecule has 198 valence electrons. The fourth-order valence-electron chi connectivity index (χ4n) is 5.13. The van der Waals surface area contributed by atoms with Crippen LogP contribution in [0.2, 0.25) is 0 Å². The van der Waals surface area contributed by atoms with E-state index in [0.29, 0.717) is 12.5 Å². The third-order valence-electron chi connectivity index (χ3n) is 7.08. The van der Waals surface area contributed by atoms with Gasteiger partial charge in [-0.05, 0) is 92.7 Å². The highest BCUT2D eigenvalue weighted by Crippen LogP contribution is 2.49. The van der Waals surface area contributed by atoms with Crippen LogP contribution in [0, 0.1) is 0 Å². The number of anilines is 1. The van der Waals surface area contributed by atoms with Crippen LogP contribution in [0.25, 0.3) is 11.3 Å². The summed E-state index contributed by atoms with van der Waals surface area (Å²) in [7, 11) is 3.33. The van der Waals surface area contributed by atoms with Gasteiger partial charge in [-0.3, -0.25) is 0 Å². The van der Waals surface area contributed by atoms with Gasteiger partial charge in [-0.1, -0.05) is 0 Å². The van der Waals surface area contributed by atoms with Crippen molar-refractivity contribution in [2.45, 2.75) is 50.6 Å². The summed E-state index contributed by atoms with van der Waals surface area (Å²) in [6.45, 7) is 2.44. The maximum Gasteiger partial charge on any atom is 0.573 e. The molecule has 1 aliphatic carbocycles. The number of hydrogen-bond donors (Lipinski definition) is 2. The van der Waals surface area contributed by atoms with E-state index in [4.69, 9.17) is 9.47 Å². The Kier molecular flexibility index (Phi) is 7.24. The van der Waals surface area contributed by atoms with Gasteiger partial charge in [-0.15, -0.1) is 13.2 Å². The normalized spacial score (nSPS) is 16.5. The van der Waals surface area contributed by atoms with Crippen LogP contribution in [0.4, 0.5) is 18.9 Å². The highest BCUT2D eigenvalue weighted by atomic mass is 19.4. The second kappa shape index (κ2) is 10.6. The number of benzene rings is 2. The van der Waals surface area contributed by atoms with Crippen LogP contribution in [-0.2, 0) is 6.54 Å². The van der Waals surface area contributed by atoms with Crippen LogP contribution in [0.5, 0.6) is 17.2 Å². The quantitative estimate of drug-likeness (QED) is 0.354. The molecule has 0 radical (unpaired) electrons. The third-order valence-corrected chi connectivity index (χ3v) is 7.08. The van der Waals surface area contributed by atoms with Gasteiger partial charge in [-0.25, -0.2) is 0 Å². The summed E-state index contributed by atoms with van der Waals surface area (Å²) in [5.41, 5.74) is 5.15. The zero-order chi connectivity index (χ0) is 26.0. The van der Waals surface area contributed by atoms with Crippen molar-refractivity contribution >= 4 is 5.69 Å². The molecule has 0 atom stereocenters. The summed E-state index contributed by atoms with van der Waals surface area (Å²) in [5, 5.41) is 3.39. The second-order valence-corrected chi connectivity index (χ2v) is 9.65. The summed E-state index contributed by atoms with van der Waals surface area (Å²) in [6.07, 6.45) is 1.50. The highest BCUT2D eigenvalue weighted by Gasteiger charge is 2.31. The molecule has 6 nitrogen and oxygen atoms in total. The predicted octanol–water partition coefficient (Wildman–Crippen LogP) is 6.23. The van der Waals surface area contributed by atoms with Crippen molar-refractivity contribution in [2.24, 2.45) is 0 Å². The number of aromatic amines is 1. The van der Waals surface area contributed by atoms with Crippen molar-refractivity contribution in [1.82, 2.24) is 10.3 Å². The topological polar surface area (TPSA) is 58.8 Å². The minimum absolute atomic E-state index is 0.217. The predicted molar refractivity (Wildman–Crippen MR) is 137 cm³/mol. The number of methoxy groups -OCH3 is 2. The standard InChI is InChI=1S/C28H32F3N3O3/c1-35-26-15-20(14-24(19-3-4-19)27(26)36-2)25-13-18(16-33-25)17-34(22-9-11-32-12-10-22)21-5-7-23(8-6-21)37-28(29,30)31/h5-8,13-16,19,22,32-33H,3-4,9-12,17H2,1-2H3. The van der Waals surface area contributed by atoms with Crippen molar-refractivity contribution < 1.29 is 27.4 Å². The molecule has 9 heteroatoms. The Bertz CT molecular complexity index is 1200. The number of piperidine rings is 1. The molecule has 0 spiro atoms. The van der Waals surface area contributed by atoms with Gasteiger partial charge < -0.3 is 29.4 Å². The first-order valence-corrected chi connectivity index (χ1v) is 12.6.